The summed E-state index contributed by atoms with van der Waals surface area (Å²) in [5.74, 6) is 1.41. The number of nitriles is 1. The number of hydrogen-bond donors (Lipinski definition) is 2. The van der Waals surface area contributed by atoms with E-state index in [2.05, 4.69) is 17.8 Å². The van der Waals surface area contributed by atoms with Crippen LogP contribution < -0.4 is 20.5 Å². The van der Waals surface area contributed by atoms with Gasteiger partial charge in [-0.25, -0.2) is 0 Å². The summed E-state index contributed by atoms with van der Waals surface area (Å²) >= 11 is 0. The van der Waals surface area contributed by atoms with Crippen molar-refractivity contribution in [2.45, 2.75) is 38.3 Å². The van der Waals surface area contributed by atoms with E-state index in [4.69, 9.17) is 20.5 Å². The Labute approximate surface area is 193 Å². The minimum atomic E-state index is -0.152. The highest BCUT2D eigenvalue weighted by atomic mass is 16.5. The molecule has 0 spiro atoms. The Morgan fingerprint density at radius 2 is 1.76 bits per heavy atom. The summed E-state index contributed by atoms with van der Waals surface area (Å²) in [5.41, 5.74) is 8.47. The van der Waals surface area contributed by atoms with Crippen molar-refractivity contribution in [3.05, 3.63) is 89.8 Å². The van der Waals surface area contributed by atoms with Gasteiger partial charge in [-0.05, 0) is 86.2 Å². The third kappa shape index (κ3) is 6.27. The molecule has 0 atom stereocenters. The molecule has 1 amide bonds. The number of amides is 1. The maximum absolute atomic E-state index is 13.0. The Bertz CT molecular complexity index is 1150. The van der Waals surface area contributed by atoms with E-state index >= 15 is 0 Å². The van der Waals surface area contributed by atoms with E-state index in [0.717, 1.165) is 31.2 Å². The summed E-state index contributed by atoms with van der Waals surface area (Å²) in [6.45, 7) is 0.310. The second-order valence-electron chi connectivity index (χ2n) is 8.08. The van der Waals surface area contributed by atoms with Crippen molar-refractivity contribution in [2.75, 3.05) is 5.73 Å². The predicted octanol–water partition coefficient (Wildman–Crippen LogP) is 5.39. The van der Waals surface area contributed by atoms with Crippen LogP contribution in [0.4, 0.5) is 5.69 Å². The summed E-state index contributed by atoms with van der Waals surface area (Å²) in [6, 6.07) is 21.7. The van der Waals surface area contributed by atoms with Crippen molar-refractivity contribution in [3.63, 3.8) is 0 Å². The van der Waals surface area contributed by atoms with Crippen molar-refractivity contribution < 1.29 is 14.3 Å². The van der Waals surface area contributed by atoms with Gasteiger partial charge in [-0.3, -0.25) is 4.79 Å². The molecule has 1 saturated carbocycles. The zero-order chi connectivity index (χ0) is 23.0. The Morgan fingerprint density at radius 3 is 2.48 bits per heavy atom. The highest BCUT2D eigenvalue weighted by molar-refractivity contribution is 5.95. The predicted molar refractivity (Wildman–Crippen MR) is 127 cm³/mol. The van der Waals surface area contributed by atoms with Gasteiger partial charge in [0.15, 0.2) is 0 Å². The van der Waals surface area contributed by atoms with Gasteiger partial charge in [0.2, 0.25) is 0 Å². The van der Waals surface area contributed by atoms with Crippen molar-refractivity contribution in [3.8, 4) is 23.3 Å². The number of anilines is 1. The summed E-state index contributed by atoms with van der Waals surface area (Å²) < 4.78 is 12.0. The van der Waals surface area contributed by atoms with Gasteiger partial charge in [-0.2, -0.15) is 5.26 Å². The minimum Gasteiger partial charge on any atom is -0.489 e. The molecule has 0 bridgehead atoms. The number of carbonyl (C=O) groups is 1. The third-order valence-electron chi connectivity index (χ3n) is 5.49. The van der Waals surface area contributed by atoms with Crippen LogP contribution in [-0.4, -0.2) is 11.9 Å². The van der Waals surface area contributed by atoms with Crippen LogP contribution in [-0.2, 0) is 6.61 Å². The lowest BCUT2D eigenvalue weighted by molar-refractivity contribution is 0.0929. The van der Waals surface area contributed by atoms with Crippen LogP contribution in [0.25, 0.3) is 0 Å². The first-order chi connectivity index (χ1) is 16.1. The summed E-state index contributed by atoms with van der Waals surface area (Å²) in [4.78, 5) is 13.0. The Morgan fingerprint density at radius 1 is 1.00 bits per heavy atom. The molecule has 4 rings (SSSR count). The fraction of sp³-hybridized carbons (Fsp3) is 0.222. The number of carbonyl (C=O) groups excluding carboxylic acids is 1. The molecule has 3 N–H and O–H groups in total. The molecule has 1 radical (unpaired) electrons. The van der Waals surface area contributed by atoms with E-state index in [1.54, 1.807) is 42.5 Å². The van der Waals surface area contributed by atoms with Crippen LogP contribution in [0.3, 0.4) is 0 Å². The number of hydrogen-bond acceptors (Lipinski definition) is 5. The molecule has 6 nitrogen and oxygen atoms in total. The lowest BCUT2D eigenvalue weighted by Crippen LogP contribution is -2.36. The van der Waals surface area contributed by atoms with Gasteiger partial charge in [-0.1, -0.05) is 12.1 Å². The molecule has 0 heterocycles. The van der Waals surface area contributed by atoms with Gasteiger partial charge in [0.25, 0.3) is 5.91 Å². The van der Waals surface area contributed by atoms with Gasteiger partial charge in [0.1, 0.15) is 23.9 Å². The van der Waals surface area contributed by atoms with E-state index in [1.807, 2.05) is 24.3 Å². The number of nitrogens with two attached hydrogens (primary N) is 1. The highest BCUT2D eigenvalue weighted by Gasteiger charge is 2.18. The third-order valence-corrected chi connectivity index (χ3v) is 5.49. The van der Waals surface area contributed by atoms with E-state index in [-0.39, 0.29) is 11.9 Å². The smallest absolute Gasteiger partial charge is 0.251 e. The maximum Gasteiger partial charge on any atom is 0.251 e. The second-order valence-corrected chi connectivity index (χ2v) is 8.08. The van der Waals surface area contributed by atoms with Crippen LogP contribution in [0.2, 0.25) is 0 Å². The molecule has 0 aromatic heterocycles. The average molecular weight is 441 g/mol. The van der Waals surface area contributed by atoms with Crippen LogP contribution >= 0.6 is 0 Å². The molecule has 0 unspecified atom stereocenters. The topological polar surface area (TPSA) is 97.4 Å². The standard InChI is InChI=1S/C27H26N3O3/c28-17-19-9-11-24(12-10-19)33-26-15-21(27(31)30-23-7-2-1-3-8-23)14-25(16-26)32-18-20-5-4-6-22(29)13-20/h1,4-6,9-16,23H,2-3,7-8,18,29H2,(H,30,31). The molecule has 167 valence electrons. The number of benzene rings is 3. The molecule has 1 aliphatic carbocycles. The van der Waals surface area contributed by atoms with Crippen LogP contribution in [0.5, 0.6) is 17.2 Å². The van der Waals surface area contributed by atoms with E-state index in [9.17, 15) is 4.79 Å². The lowest BCUT2D eigenvalue weighted by Gasteiger charge is -2.23. The maximum atomic E-state index is 13.0. The largest absolute Gasteiger partial charge is 0.489 e. The number of nitrogens with one attached hydrogen (secondary N) is 1. The van der Waals surface area contributed by atoms with Crippen molar-refractivity contribution in [1.82, 2.24) is 5.32 Å². The van der Waals surface area contributed by atoms with E-state index in [1.165, 1.54) is 0 Å². The number of nitrogen functional groups attached to an aromatic ring is 1. The first-order valence-corrected chi connectivity index (χ1v) is 11.0. The summed E-state index contributed by atoms with van der Waals surface area (Å²) in [7, 11) is 0. The number of ether oxygens (including phenoxy) is 2. The fourth-order valence-corrected chi connectivity index (χ4v) is 3.77. The molecular weight excluding hydrogens is 414 g/mol. The molecule has 1 aliphatic rings. The zero-order valence-electron chi connectivity index (χ0n) is 18.3. The van der Waals surface area contributed by atoms with Crippen molar-refractivity contribution in [2.24, 2.45) is 0 Å². The van der Waals surface area contributed by atoms with Crippen molar-refractivity contribution in [1.29, 1.82) is 5.26 Å². The van der Waals surface area contributed by atoms with Gasteiger partial charge in [0, 0.05) is 23.4 Å². The van der Waals surface area contributed by atoms with Gasteiger partial charge in [0.05, 0.1) is 11.6 Å². The van der Waals surface area contributed by atoms with Gasteiger partial charge >= 0.3 is 0 Å². The summed E-state index contributed by atoms with van der Waals surface area (Å²) in [6.07, 6.45) is 6.19. The Balaban J connectivity index is 1.55. The van der Waals surface area contributed by atoms with Crippen molar-refractivity contribution >= 4 is 11.6 Å². The van der Waals surface area contributed by atoms with E-state index < -0.39 is 0 Å². The number of rotatable bonds is 7. The second kappa shape index (κ2) is 10.6. The van der Waals surface area contributed by atoms with Crippen LogP contribution in [0, 0.1) is 17.8 Å². The fourth-order valence-electron chi connectivity index (χ4n) is 3.77. The van der Waals surface area contributed by atoms with E-state index in [0.29, 0.717) is 40.7 Å². The molecule has 0 aliphatic heterocycles. The monoisotopic (exact) mass is 440 g/mol. The summed E-state index contributed by atoms with van der Waals surface area (Å²) in [5, 5.41) is 12.1. The molecular formula is C27H26N3O3. The Hall–Kier alpha value is -3.98. The first kappa shape index (κ1) is 22.2. The molecule has 33 heavy (non-hydrogen) atoms. The SMILES string of the molecule is N#Cc1ccc(Oc2cc(OCc3cccc(N)c3)cc(C(=O)NC3CC[CH]CC3)c2)cc1. The minimum absolute atomic E-state index is 0.152. The van der Waals surface area contributed by atoms with Crippen LogP contribution in [0.1, 0.15) is 47.2 Å². The first-order valence-electron chi connectivity index (χ1n) is 11.0. The molecule has 1 fully saturated rings. The average Bonchev–Trinajstić information content (AvgIpc) is 2.84. The lowest BCUT2D eigenvalue weighted by atomic mass is 9.95. The van der Waals surface area contributed by atoms with Gasteiger partial charge < -0.3 is 20.5 Å². The quantitative estimate of drug-likeness (QED) is 0.480. The van der Waals surface area contributed by atoms with Gasteiger partial charge in [-0.15, -0.1) is 0 Å². The number of nitrogens with zero attached hydrogens (tertiary/aromatic N) is 1. The normalized spacial score (nSPS) is 13.7. The molecule has 6 heteroatoms. The zero-order valence-corrected chi connectivity index (χ0v) is 18.3. The van der Waals surface area contributed by atoms with Crippen LogP contribution in [0.15, 0.2) is 66.7 Å². The molecule has 3 aromatic carbocycles. The molecule has 3 aromatic rings. The highest BCUT2D eigenvalue weighted by Crippen LogP contribution is 2.29. The Kier molecular flexibility index (Phi) is 7.11. The molecule has 0 saturated heterocycles.